The quantitative estimate of drug-likeness (QED) is 0.625. The molecule has 4 rings (SSSR count). The Balaban J connectivity index is 1.41. The third-order valence-electron chi connectivity index (χ3n) is 5.86. The van der Waals surface area contributed by atoms with Crippen LogP contribution < -0.4 is 0 Å². The summed E-state index contributed by atoms with van der Waals surface area (Å²) in [5.41, 5.74) is 4.52. The molecule has 29 heavy (non-hydrogen) atoms. The Kier molecular flexibility index (Phi) is 6.07. The van der Waals surface area contributed by atoms with Crippen LogP contribution in [0.5, 0.6) is 0 Å². The number of rotatable bonds is 6. The van der Waals surface area contributed by atoms with Gasteiger partial charge in [-0.3, -0.25) is 4.90 Å². The van der Waals surface area contributed by atoms with E-state index in [0.29, 0.717) is 5.92 Å². The van der Waals surface area contributed by atoms with Crippen molar-refractivity contribution >= 4 is 0 Å². The second-order valence-electron chi connectivity index (χ2n) is 8.15. The highest BCUT2D eigenvalue weighted by molar-refractivity contribution is 5.32. The average molecular weight is 385 g/mol. The van der Waals surface area contributed by atoms with E-state index in [2.05, 4.69) is 58.9 Å². The van der Waals surface area contributed by atoms with Crippen molar-refractivity contribution in [2.24, 2.45) is 5.92 Å². The molecule has 4 nitrogen and oxygen atoms in total. The minimum atomic E-state index is 0.624. The first-order chi connectivity index (χ1) is 14.2. The number of piperidine rings is 1. The SMILES string of the molecule is Cc1cnc(CC2CCCN(Cc3cccc(C#N)c3)C2)n1Cc1ccccc1. The number of benzene rings is 2. The maximum atomic E-state index is 9.13. The van der Waals surface area contributed by atoms with E-state index in [-0.39, 0.29) is 0 Å². The van der Waals surface area contributed by atoms with Gasteiger partial charge in [-0.15, -0.1) is 0 Å². The Labute approximate surface area is 173 Å². The fraction of sp³-hybridized carbons (Fsp3) is 0.360. The van der Waals surface area contributed by atoms with Crippen LogP contribution in [-0.2, 0) is 19.5 Å². The van der Waals surface area contributed by atoms with Crippen molar-refractivity contribution in [2.75, 3.05) is 13.1 Å². The average Bonchev–Trinajstić information content (AvgIpc) is 3.08. The van der Waals surface area contributed by atoms with E-state index < -0.39 is 0 Å². The topological polar surface area (TPSA) is 44.9 Å². The Bertz CT molecular complexity index is 984. The highest BCUT2D eigenvalue weighted by atomic mass is 15.1. The van der Waals surface area contributed by atoms with E-state index in [1.54, 1.807) is 0 Å². The Morgan fingerprint density at radius 3 is 2.72 bits per heavy atom. The number of aryl methyl sites for hydroxylation is 1. The van der Waals surface area contributed by atoms with Gasteiger partial charge in [0.2, 0.25) is 0 Å². The summed E-state index contributed by atoms with van der Waals surface area (Å²) in [5, 5.41) is 9.13. The molecular formula is C25H28N4. The zero-order valence-electron chi connectivity index (χ0n) is 17.1. The Morgan fingerprint density at radius 1 is 1.07 bits per heavy atom. The van der Waals surface area contributed by atoms with Crippen molar-refractivity contribution in [1.82, 2.24) is 14.5 Å². The molecule has 1 aromatic heterocycles. The molecule has 0 spiro atoms. The van der Waals surface area contributed by atoms with Gasteiger partial charge in [0.25, 0.3) is 0 Å². The minimum absolute atomic E-state index is 0.624. The molecular weight excluding hydrogens is 356 g/mol. The molecule has 0 radical (unpaired) electrons. The van der Waals surface area contributed by atoms with Crippen LogP contribution in [0.4, 0.5) is 0 Å². The summed E-state index contributed by atoms with van der Waals surface area (Å²) >= 11 is 0. The Hall–Kier alpha value is -2.90. The molecule has 1 atom stereocenters. The number of aromatic nitrogens is 2. The monoisotopic (exact) mass is 384 g/mol. The van der Waals surface area contributed by atoms with E-state index in [9.17, 15) is 0 Å². The van der Waals surface area contributed by atoms with Crippen LogP contribution in [0.1, 0.15) is 41.1 Å². The van der Waals surface area contributed by atoms with Crippen molar-refractivity contribution in [3.8, 4) is 6.07 Å². The maximum absolute atomic E-state index is 9.13. The second-order valence-corrected chi connectivity index (χ2v) is 8.15. The molecule has 3 aromatic rings. The van der Waals surface area contributed by atoms with Crippen LogP contribution in [0.15, 0.2) is 60.8 Å². The number of nitrogens with zero attached hydrogens (tertiary/aromatic N) is 4. The van der Waals surface area contributed by atoms with E-state index in [1.807, 2.05) is 24.4 Å². The van der Waals surface area contributed by atoms with Crippen LogP contribution in [0.2, 0.25) is 0 Å². The molecule has 148 valence electrons. The lowest BCUT2D eigenvalue weighted by Gasteiger charge is -2.32. The van der Waals surface area contributed by atoms with Gasteiger partial charge in [-0.2, -0.15) is 5.26 Å². The number of hydrogen-bond acceptors (Lipinski definition) is 3. The molecule has 1 saturated heterocycles. The third-order valence-corrected chi connectivity index (χ3v) is 5.86. The molecule has 1 unspecified atom stereocenters. The first kappa shape index (κ1) is 19.4. The number of hydrogen-bond donors (Lipinski definition) is 0. The van der Waals surface area contributed by atoms with Crippen LogP contribution in [0.3, 0.4) is 0 Å². The van der Waals surface area contributed by atoms with E-state index >= 15 is 0 Å². The second kappa shape index (κ2) is 9.07. The molecule has 0 bridgehead atoms. The van der Waals surface area contributed by atoms with E-state index in [1.165, 1.54) is 35.5 Å². The summed E-state index contributed by atoms with van der Waals surface area (Å²) < 4.78 is 2.37. The van der Waals surface area contributed by atoms with E-state index in [0.717, 1.165) is 38.2 Å². The zero-order valence-corrected chi connectivity index (χ0v) is 17.1. The van der Waals surface area contributed by atoms with Gasteiger partial charge in [0.05, 0.1) is 11.6 Å². The molecule has 2 heterocycles. The summed E-state index contributed by atoms with van der Waals surface area (Å²) in [4.78, 5) is 7.28. The molecule has 4 heteroatoms. The molecule has 0 N–H and O–H groups in total. The number of likely N-dealkylation sites (tertiary alicyclic amines) is 1. The molecule has 1 aliphatic rings. The van der Waals surface area contributed by atoms with Gasteiger partial charge in [0.15, 0.2) is 0 Å². The van der Waals surface area contributed by atoms with Crippen LogP contribution >= 0.6 is 0 Å². The molecule has 2 aromatic carbocycles. The van der Waals surface area contributed by atoms with Gasteiger partial charge in [0.1, 0.15) is 5.82 Å². The first-order valence-corrected chi connectivity index (χ1v) is 10.5. The van der Waals surface area contributed by atoms with Gasteiger partial charge in [-0.1, -0.05) is 42.5 Å². The summed E-state index contributed by atoms with van der Waals surface area (Å²) in [6, 6.07) is 20.9. The lowest BCUT2D eigenvalue weighted by molar-refractivity contribution is 0.165. The molecule has 1 aliphatic heterocycles. The smallest absolute Gasteiger partial charge is 0.109 e. The highest BCUT2D eigenvalue weighted by Crippen LogP contribution is 2.23. The predicted molar refractivity (Wildman–Crippen MR) is 115 cm³/mol. The summed E-state index contributed by atoms with van der Waals surface area (Å²) in [6.07, 6.45) is 5.51. The van der Waals surface area contributed by atoms with Crippen molar-refractivity contribution in [3.63, 3.8) is 0 Å². The summed E-state index contributed by atoms with van der Waals surface area (Å²) in [7, 11) is 0. The molecule has 1 fully saturated rings. The molecule has 0 aliphatic carbocycles. The molecule has 0 saturated carbocycles. The van der Waals surface area contributed by atoms with Crippen molar-refractivity contribution in [1.29, 1.82) is 5.26 Å². The number of nitriles is 1. The standard InChI is InChI=1S/C25H28N4/c1-20-16-27-25(29(20)19-21-7-3-2-4-8-21)14-24-11-6-12-28(18-24)17-23-10-5-9-22(13-23)15-26/h2-5,7-10,13,16,24H,6,11-12,14,17-19H2,1H3. The lowest BCUT2D eigenvalue weighted by atomic mass is 9.94. The highest BCUT2D eigenvalue weighted by Gasteiger charge is 2.22. The fourth-order valence-electron chi connectivity index (χ4n) is 4.37. The van der Waals surface area contributed by atoms with Crippen molar-refractivity contribution in [3.05, 3.63) is 89.0 Å². The van der Waals surface area contributed by atoms with Gasteiger partial charge in [-0.05, 0) is 55.5 Å². The predicted octanol–water partition coefficient (Wildman–Crippen LogP) is 4.57. The van der Waals surface area contributed by atoms with Gasteiger partial charge >= 0.3 is 0 Å². The maximum Gasteiger partial charge on any atom is 0.109 e. The van der Waals surface area contributed by atoms with Gasteiger partial charge < -0.3 is 4.57 Å². The fourth-order valence-corrected chi connectivity index (χ4v) is 4.37. The van der Waals surface area contributed by atoms with Crippen LogP contribution in [-0.4, -0.2) is 27.5 Å². The zero-order chi connectivity index (χ0) is 20.1. The van der Waals surface area contributed by atoms with Gasteiger partial charge in [-0.25, -0.2) is 4.98 Å². The van der Waals surface area contributed by atoms with E-state index in [4.69, 9.17) is 10.2 Å². The number of imidazole rings is 1. The summed E-state index contributed by atoms with van der Waals surface area (Å²) in [6.45, 7) is 6.18. The minimum Gasteiger partial charge on any atom is -0.328 e. The Morgan fingerprint density at radius 2 is 1.90 bits per heavy atom. The van der Waals surface area contributed by atoms with Crippen LogP contribution in [0.25, 0.3) is 0 Å². The summed E-state index contributed by atoms with van der Waals surface area (Å²) in [5.74, 6) is 1.82. The first-order valence-electron chi connectivity index (χ1n) is 10.5. The lowest BCUT2D eigenvalue weighted by Crippen LogP contribution is -2.36. The largest absolute Gasteiger partial charge is 0.328 e. The third kappa shape index (κ3) is 4.93. The van der Waals surface area contributed by atoms with Gasteiger partial charge in [0, 0.05) is 37.9 Å². The van der Waals surface area contributed by atoms with Crippen LogP contribution in [0, 0.1) is 24.2 Å². The van der Waals surface area contributed by atoms with Crippen molar-refractivity contribution < 1.29 is 0 Å². The molecule has 0 amide bonds. The van der Waals surface area contributed by atoms with Crippen molar-refractivity contribution in [2.45, 2.75) is 39.3 Å². The normalized spacial score (nSPS) is 17.2.